The number of hydrogen-bond acceptors (Lipinski definition) is 2. The first-order valence-electron chi connectivity index (χ1n) is 10.0. The summed E-state index contributed by atoms with van der Waals surface area (Å²) in [5.74, 6) is 0.849. The Morgan fingerprint density at radius 3 is 2.10 bits per heavy atom. The second-order valence-electron chi connectivity index (χ2n) is 8.37. The lowest BCUT2D eigenvalue weighted by molar-refractivity contribution is 0.0940. The molecule has 3 rings (SSSR count). The highest BCUT2D eigenvalue weighted by atomic mass is 32.2. The van der Waals surface area contributed by atoms with Crippen molar-refractivity contribution in [3.8, 4) is 0 Å². The van der Waals surface area contributed by atoms with E-state index in [9.17, 15) is 4.79 Å². The maximum atomic E-state index is 12.6. The zero-order chi connectivity index (χ0) is 20.9. The van der Waals surface area contributed by atoms with E-state index in [1.165, 1.54) is 16.0 Å². The van der Waals surface area contributed by atoms with Gasteiger partial charge in [-0.1, -0.05) is 75.4 Å². The molecular formula is C26H29NOS. The minimum absolute atomic E-state index is 0.0372. The molecule has 0 fully saturated rings. The summed E-state index contributed by atoms with van der Waals surface area (Å²) in [5, 5.41) is 3.10. The topological polar surface area (TPSA) is 29.1 Å². The molecule has 0 radical (unpaired) electrons. The summed E-state index contributed by atoms with van der Waals surface area (Å²) in [5.41, 5.74) is 4.44. The predicted octanol–water partition coefficient (Wildman–Crippen LogP) is 6.77. The number of benzene rings is 3. The second-order valence-corrected chi connectivity index (χ2v) is 9.41. The number of carbonyl (C=O) groups is 1. The summed E-state index contributed by atoms with van der Waals surface area (Å²) in [6, 6.07) is 26.7. The lowest BCUT2D eigenvalue weighted by Gasteiger charge is -2.20. The van der Waals surface area contributed by atoms with Gasteiger partial charge in [-0.25, -0.2) is 0 Å². The fourth-order valence-electron chi connectivity index (χ4n) is 3.07. The average molecular weight is 404 g/mol. The summed E-state index contributed by atoms with van der Waals surface area (Å²) in [7, 11) is 0. The zero-order valence-corrected chi connectivity index (χ0v) is 18.4. The largest absolute Gasteiger partial charge is 0.346 e. The fraction of sp³-hybridized carbons (Fsp3) is 0.269. The monoisotopic (exact) mass is 403 g/mol. The average Bonchev–Trinajstić information content (AvgIpc) is 2.73. The standard InChI is InChI=1S/C26H29NOS/c1-19(21-14-16-23(17-15-21)26(2,3)4)27-25(28)22-12-10-20(11-13-22)18-29-24-8-6-5-7-9-24/h5-17,19H,18H2,1-4H3,(H,27,28)/t19-/m0/s1. The van der Waals surface area contributed by atoms with Crippen LogP contribution in [0.4, 0.5) is 0 Å². The molecule has 150 valence electrons. The summed E-state index contributed by atoms with van der Waals surface area (Å²) in [6.07, 6.45) is 0. The molecule has 0 unspecified atom stereocenters. The smallest absolute Gasteiger partial charge is 0.251 e. The van der Waals surface area contributed by atoms with E-state index < -0.39 is 0 Å². The maximum absolute atomic E-state index is 12.6. The summed E-state index contributed by atoms with van der Waals surface area (Å²) in [6.45, 7) is 8.63. The van der Waals surface area contributed by atoms with Crippen molar-refractivity contribution in [3.63, 3.8) is 0 Å². The van der Waals surface area contributed by atoms with Crippen molar-refractivity contribution in [1.29, 1.82) is 0 Å². The van der Waals surface area contributed by atoms with Gasteiger partial charge in [-0.2, -0.15) is 0 Å². The Balaban J connectivity index is 1.57. The van der Waals surface area contributed by atoms with Crippen LogP contribution in [-0.2, 0) is 11.2 Å². The molecule has 3 heteroatoms. The van der Waals surface area contributed by atoms with Crippen LogP contribution in [0.2, 0.25) is 0 Å². The SMILES string of the molecule is C[C@H](NC(=O)c1ccc(CSc2ccccc2)cc1)c1ccc(C(C)(C)C)cc1. The van der Waals surface area contributed by atoms with E-state index in [1.54, 1.807) is 11.8 Å². The molecule has 0 aliphatic heterocycles. The van der Waals surface area contributed by atoms with Crippen LogP contribution < -0.4 is 5.32 Å². The summed E-state index contributed by atoms with van der Waals surface area (Å²) in [4.78, 5) is 13.9. The van der Waals surface area contributed by atoms with Gasteiger partial charge in [0, 0.05) is 16.2 Å². The van der Waals surface area contributed by atoms with E-state index >= 15 is 0 Å². The quantitative estimate of drug-likeness (QED) is 0.460. The normalized spacial score (nSPS) is 12.4. The van der Waals surface area contributed by atoms with Crippen molar-refractivity contribution < 1.29 is 4.79 Å². The molecule has 0 heterocycles. The first-order valence-corrected chi connectivity index (χ1v) is 11.0. The molecule has 0 aliphatic rings. The number of nitrogens with one attached hydrogen (secondary N) is 1. The van der Waals surface area contributed by atoms with Crippen LogP contribution in [0.3, 0.4) is 0 Å². The van der Waals surface area contributed by atoms with E-state index in [0.717, 1.165) is 11.3 Å². The van der Waals surface area contributed by atoms with Gasteiger partial charge in [-0.05, 0) is 53.3 Å². The molecule has 1 amide bonds. The van der Waals surface area contributed by atoms with Gasteiger partial charge in [0.1, 0.15) is 0 Å². The summed E-state index contributed by atoms with van der Waals surface area (Å²) >= 11 is 1.80. The molecule has 3 aromatic carbocycles. The Morgan fingerprint density at radius 1 is 0.897 bits per heavy atom. The lowest BCUT2D eigenvalue weighted by atomic mass is 9.86. The third kappa shape index (κ3) is 5.98. The summed E-state index contributed by atoms with van der Waals surface area (Å²) < 4.78 is 0. The van der Waals surface area contributed by atoms with E-state index in [4.69, 9.17) is 0 Å². The first-order chi connectivity index (χ1) is 13.8. The molecule has 2 nitrogen and oxygen atoms in total. The highest BCUT2D eigenvalue weighted by Gasteiger charge is 2.15. The van der Waals surface area contributed by atoms with Crippen molar-refractivity contribution in [2.24, 2.45) is 0 Å². The van der Waals surface area contributed by atoms with Gasteiger partial charge in [0.2, 0.25) is 0 Å². The third-order valence-electron chi connectivity index (χ3n) is 4.99. The maximum Gasteiger partial charge on any atom is 0.251 e. The highest BCUT2D eigenvalue weighted by molar-refractivity contribution is 7.98. The van der Waals surface area contributed by atoms with Crippen molar-refractivity contribution in [2.75, 3.05) is 0 Å². The Morgan fingerprint density at radius 2 is 1.52 bits per heavy atom. The van der Waals surface area contributed by atoms with Crippen LogP contribution in [-0.4, -0.2) is 5.91 Å². The Kier molecular flexibility index (Phi) is 6.81. The van der Waals surface area contributed by atoms with Gasteiger partial charge in [0.05, 0.1) is 6.04 Å². The molecule has 29 heavy (non-hydrogen) atoms. The fourth-order valence-corrected chi connectivity index (χ4v) is 3.95. The van der Waals surface area contributed by atoms with E-state index in [1.807, 2.05) is 49.4 Å². The van der Waals surface area contributed by atoms with E-state index in [2.05, 4.69) is 62.5 Å². The van der Waals surface area contributed by atoms with Gasteiger partial charge < -0.3 is 5.32 Å². The van der Waals surface area contributed by atoms with E-state index in [0.29, 0.717) is 5.56 Å². The molecular weight excluding hydrogens is 374 g/mol. The third-order valence-corrected chi connectivity index (χ3v) is 6.07. The molecule has 3 aromatic rings. The van der Waals surface area contributed by atoms with Crippen LogP contribution in [0.5, 0.6) is 0 Å². The number of hydrogen-bond donors (Lipinski definition) is 1. The van der Waals surface area contributed by atoms with Gasteiger partial charge in [-0.15, -0.1) is 11.8 Å². The molecule has 0 aromatic heterocycles. The van der Waals surface area contributed by atoms with Gasteiger partial charge in [-0.3, -0.25) is 4.79 Å². The van der Waals surface area contributed by atoms with Crippen molar-refractivity contribution in [1.82, 2.24) is 5.32 Å². The number of thioether (sulfide) groups is 1. The molecule has 0 aliphatic carbocycles. The second kappa shape index (κ2) is 9.32. The van der Waals surface area contributed by atoms with Gasteiger partial charge in [0.25, 0.3) is 5.91 Å². The highest BCUT2D eigenvalue weighted by Crippen LogP contribution is 2.25. The molecule has 0 saturated heterocycles. The van der Waals surface area contributed by atoms with Crippen molar-refractivity contribution in [3.05, 3.63) is 101 Å². The van der Waals surface area contributed by atoms with Crippen molar-refractivity contribution in [2.45, 2.75) is 49.8 Å². The Labute approximate surface area is 178 Å². The molecule has 0 spiro atoms. The number of amides is 1. The minimum Gasteiger partial charge on any atom is -0.346 e. The van der Waals surface area contributed by atoms with Crippen molar-refractivity contribution >= 4 is 17.7 Å². The minimum atomic E-state index is -0.0420. The van der Waals surface area contributed by atoms with Crippen LogP contribution in [0.1, 0.15) is 60.8 Å². The predicted molar refractivity (Wildman–Crippen MR) is 123 cm³/mol. The lowest BCUT2D eigenvalue weighted by Crippen LogP contribution is -2.26. The zero-order valence-electron chi connectivity index (χ0n) is 17.6. The molecule has 1 N–H and O–H groups in total. The van der Waals surface area contributed by atoms with Crippen LogP contribution in [0.15, 0.2) is 83.8 Å². The Hall–Kier alpha value is -2.52. The molecule has 0 saturated carbocycles. The molecule has 0 bridgehead atoms. The number of carbonyl (C=O) groups excluding carboxylic acids is 1. The number of rotatable bonds is 6. The molecule has 1 atom stereocenters. The Bertz CT molecular complexity index is 925. The van der Waals surface area contributed by atoms with Crippen LogP contribution in [0.25, 0.3) is 0 Å². The first kappa shape index (κ1) is 21.2. The van der Waals surface area contributed by atoms with Crippen LogP contribution >= 0.6 is 11.8 Å². The van der Waals surface area contributed by atoms with Gasteiger partial charge in [0.15, 0.2) is 0 Å². The van der Waals surface area contributed by atoms with Gasteiger partial charge >= 0.3 is 0 Å². The van der Waals surface area contributed by atoms with E-state index in [-0.39, 0.29) is 17.4 Å². The van der Waals surface area contributed by atoms with Crippen LogP contribution in [0, 0.1) is 0 Å².